The van der Waals surface area contributed by atoms with Gasteiger partial charge >= 0.3 is 0 Å². The monoisotopic (exact) mass is 230 g/mol. The molecule has 1 aliphatic carbocycles. The van der Waals surface area contributed by atoms with Crippen molar-refractivity contribution in [2.75, 3.05) is 0 Å². The minimum Gasteiger partial charge on any atom is -0.380 e. The standard InChI is InChI=1S/C10H14O2S2/c1-7-3-5-10(6-4-7)9(2,12)8(11)13-14-10/h3,12H,4-6H2,1-2H3/t9-,10?/m0/s1. The summed E-state index contributed by atoms with van der Waals surface area (Å²) in [6, 6.07) is 0. The molecule has 0 aromatic carbocycles. The van der Waals surface area contributed by atoms with Crippen LogP contribution in [-0.4, -0.2) is 20.6 Å². The quantitative estimate of drug-likeness (QED) is 0.512. The topological polar surface area (TPSA) is 37.3 Å². The van der Waals surface area contributed by atoms with Crippen LogP contribution in [0.3, 0.4) is 0 Å². The van der Waals surface area contributed by atoms with Gasteiger partial charge in [0.05, 0.1) is 4.75 Å². The molecule has 2 aliphatic rings. The first kappa shape index (κ1) is 10.6. The molecule has 0 aromatic heterocycles. The highest BCUT2D eigenvalue weighted by Gasteiger charge is 2.58. The highest BCUT2D eigenvalue weighted by Crippen LogP contribution is 2.59. The first-order valence-corrected chi connectivity index (χ1v) is 6.91. The third kappa shape index (κ3) is 1.35. The maximum absolute atomic E-state index is 11.5. The van der Waals surface area contributed by atoms with Crippen LogP contribution in [-0.2, 0) is 4.79 Å². The van der Waals surface area contributed by atoms with E-state index in [-0.39, 0.29) is 9.86 Å². The first-order valence-electron chi connectivity index (χ1n) is 4.76. The van der Waals surface area contributed by atoms with E-state index in [2.05, 4.69) is 13.0 Å². The van der Waals surface area contributed by atoms with E-state index >= 15 is 0 Å². The van der Waals surface area contributed by atoms with E-state index in [4.69, 9.17) is 0 Å². The van der Waals surface area contributed by atoms with Crippen LogP contribution in [0.1, 0.15) is 33.1 Å². The number of allylic oxidation sites excluding steroid dienone is 2. The Kier molecular flexibility index (Phi) is 2.48. The summed E-state index contributed by atoms with van der Waals surface area (Å²) in [4.78, 5) is 11.5. The average Bonchev–Trinajstić information content (AvgIpc) is 2.35. The van der Waals surface area contributed by atoms with Gasteiger partial charge in [-0.1, -0.05) is 22.4 Å². The van der Waals surface area contributed by atoms with E-state index < -0.39 is 5.60 Å². The van der Waals surface area contributed by atoms with Gasteiger partial charge in [0, 0.05) is 0 Å². The predicted molar refractivity (Wildman–Crippen MR) is 61.2 cm³/mol. The predicted octanol–water partition coefficient (Wildman–Crippen LogP) is 2.53. The number of aliphatic hydroxyl groups is 1. The summed E-state index contributed by atoms with van der Waals surface area (Å²) in [7, 11) is 2.76. The van der Waals surface area contributed by atoms with E-state index in [1.165, 1.54) is 16.4 Å². The zero-order valence-corrected chi connectivity index (χ0v) is 10.0. The van der Waals surface area contributed by atoms with Gasteiger partial charge < -0.3 is 5.11 Å². The van der Waals surface area contributed by atoms with Crippen LogP contribution in [0, 0.1) is 0 Å². The van der Waals surface area contributed by atoms with Crippen LogP contribution in [0.4, 0.5) is 0 Å². The third-order valence-corrected chi connectivity index (χ3v) is 6.65. The van der Waals surface area contributed by atoms with Gasteiger partial charge in [-0.25, -0.2) is 0 Å². The van der Waals surface area contributed by atoms with E-state index in [1.54, 1.807) is 17.7 Å². The van der Waals surface area contributed by atoms with Crippen molar-refractivity contribution in [1.82, 2.24) is 0 Å². The Balaban J connectivity index is 2.30. The maximum Gasteiger partial charge on any atom is 0.232 e. The SMILES string of the molecule is CC1=CCC2(CC1)SSC(=O)[C@]2(C)O. The summed E-state index contributed by atoms with van der Waals surface area (Å²) in [6.45, 7) is 3.77. The summed E-state index contributed by atoms with van der Waals surface area (Å²) < 4.78 is -0.270. The molecule has 14 heavy (non-hydrogen) atoms. The summed E-state index contributed by atoms with van der Waals surface area (Å²) in [5, 5.41) is 10.1. The van der Waals surface area contributed by atoms with Crippen molar-refractivity contribution >= 4 is 26.7 Å². The smallest absolute Gasteiger partial charge is 0.232 e. The minimum absolute atomic E-state index is 0.0875. The van der Waals surface area contributed by atoms with Gasteiger partial charge in [-0.2, -0.15) is 0 Å². The van der Waals surface area contributed by atoms with Crippen LogP contribution in [0.25, 0.3) is 0 Å². The molecule has 0 amide bonds. The molecule has 0 bridgehead atoms. The van der Waals surface area contributed by atoms with Gasteiger partial charge in [-0.05, 0) is 43.9 Å². The van der Waals surface area contributed by atoms with Crippen molar-refractivity contribution in [1.29, 1.82) is 0 Å². The van der Waals surface area contributed by atoms with Gasteiger partial charge in [0.25, 0.3) is 0 Å². The second kappa shape index (κ2) is 3.29. The summed E-state index contributed by atoms with van der Waals surface area (Å²) >= 11 is 0. The molecule has 1 aliphatic heterocycles. The molecule has 1 N–H and O–H groups in total. The molecule has 2 rings (SSSR count). The second-order valence-corrected chi connectivity index (χ2v) is 6.76. The van der Waals surface area contributed by atoms with Crippen molar-refractivity contribution in [3.05, 3.63) is 11.6 Å². The Labute approximate surface area is 91.9 Å². The maximum atomic E-state index is 11.5. The zero-order chi connectivity index (χ0) is 10.4. The molecular formula is C10H14O2S2. The molecule has 1 saturated heterocycles. The molecular weight excluding hydrogens is 216 g/mol. The molecule has 78 valence electrons. The van der Waals surface area contributed by atoms with E-state index in [9.17, 15) is 9.90 Å². The molecule has 1 unspecified atom stereocenters. The van der Waals surface area contributed by atoms with Gasteiger partial charge in [0.1, 0.15) is 5.60 Å². The Morgan fingerprint density at radius 1 is 1.57 bits per heavy atom. The fourth-order valence-electron chi connectivity index (χ4n) is 1.93. The Bertz CT molecular complexity index is 309. The van der Waals surface area contributed by atoms with Crippen LogP contribution >= 0.6 is 21.6 Å². The highest BCUT2D eigenvalue weighted by atomic mass is 33.1. The molecule has 0 saturated carbocycles. The summed E-state index contributed by atoms with van der Waals surface area (Å²) in [6.07, 6.45) is 4.88. The third-order valence-electron chi connectivity index (χ3n) is 3.26. The van der Waals surface area contributed by atoms with Crippen LogP contribution < -0.4 is 0 Å². The van der Waals surface area contributed by atoms with Gasteiger partial charge in [-0.3, -0.25) is 4.79 Å². The fourth-order valence-corrected chi connectivity index (χ4v) is 5.31. The van der Waals surface area contributed by atoms with Gasteiger partial charge in [0.2, 0.25) is 5.12 Å². The molecule has 1 spiro atoms. The molecule has 1 heterocycles. The van der Waals surface area contributed by atoms with Crippen molar-refractivity contribution in [2.45, 2.75) is 43.5 Å². The lowest BCUT2D eigenvalue weighted by molar-refractivity contribution is -0.128. The van der Waals surface area contributed by atoms with Crippen molar-refractivity contribution < 1.29 is 9.90 Å². The van der Waals surface area contributed by atoms with Crippen LogP contribution in [0.2, 0.25) is 0 Å². The summed E-state index contributed by atoms with van der Waals surface area (Å²) in [5.74, 6) is 0. The number of hydrogen-bond donors (Lipinski definition) is 1. The van der Waals surface area contributed by atoms with Crippen molar-refractivity contribution in [3.8, 4) is 0 Å². The lowest BCUT2D eigenvalue weighted by Gasteiger charge is -2.38. The number of carbonyl (C=O) groups is 1. The van der Waals surface area contributed by atoms with E-state index in [1.807, 2.05) is 0 Å². The highest BCUT2D eigenvalue weighted by molar-refractivity contribution is 8.83. The lowest BCUT2D eigenvalue weighted by atomic mass is 9.78. The number of rotatable bonds is 0. The number of hydrogen-bond acceptors (Lipinski definition) is 4. The fraction of sp³-hybridized carbons (Fsp3) is 0.700. The Morgan fingerprint density at radius 3 is 2.71 bits per heavy atom. The zero-order valence-electron chi connectivity index (χ0n) is 8.37. The van der Waals surface area contributed by atoms with Crippen molar-refractivity contribution in [3.63, 3.8) is 0 Å². The Morgan fingerprint density at radius 2 is 2.29 bits per heavy atom. The van der Waals surface area contributed by atoms with Crippen molar-refractivity contribution in [2.24, 2.45) is 0 Å². The molecule has 2 nitrogen and oxygen atoms in total. The summed E-state index contributed by atoms with van der Waals surface area (Å²) in [5.41, 5.74) is 0.218. The molecule has 0 radical (unpaired) electrons. The van der Waals surface area contributed by atoms with Crippen LogP contribution in [0.5, 0.6) is 0 Å². The Hall–Kier alpha value is 0.0700. The molecule has 1 fully saturated rings. The van der Waals surface area contributed by atoms with Gasteiger partial charge in [-0.15, -0.1) is 0 Å². The normalized spacial score (nSPS) is 43.1. The second-order valence-electron chi connectivity index (χ2n) is 4.28. The van der Waals surface area contributed by atoms with Gasteiger partial charge in [0.15, 0.2) is 0 Å². The largest absolute Gasteiger partial charge is 0.380 e. The molecule has 0 aromatic rings. The number of carbonyl (C=O) groups excluding carboxylic acids is 1. The van der Waals surface area contributed by atoms with E-state index in [0.29, 0.717) is 0 Å². The average molecular weight is 230 g/mol. The van der Waals surface area contributed by atoms with Crippen LogP contribution in [0.15, 0.2) is 11.6 Å². The minimum atomic E-state index is -1.15. The molecule has 2 atom stereocenters. The van der Waals surface area contributed by atoms with E-state index in [0.717, 1.165) is 19.3 Å². The molecule has 4 heteroatoms. The lowest BCUT2D eigenvalue weighted by Crippen LogP contribution is -2.50. The first-order chi connectivity index (χ1) is 6.48.